The lowest BCUT2D eigenvalue weighted by molar-refractivity contribution is -0.141. The zero-order valence-corrected chi connectivity index (χ0v) is 18.7. The van der Waals surface area contributed by atoms with E-state index in [0.717, 1.165) is 12.3 Å². The summed E-state index contributed by atoms with van der Waals surface area (Å²) in [5, 5.41) is 9.32. The number of nitrogens with zero attached hydrogens (tertiary/aromatic N) is 3. The number of alkyl halides is 6. The van der Waals surface area contributed by atoms with Crippen LogP contribution in [0, 0.1) is 0 Å². The molecule has 12 heteroatoms. The Balaban J connectivity index is 1.85. The number of pyridine rings is 1. The van der Waals surface area contributed by atoms with Gasteiger partial charge in [-0.15, -0.1) is 0 Å². The van der Waals surface area contributed by atoms with Crippen molar-refractivity contribution >= 4 is 5.97 Å². The number of rotatable bonds is 5. The predicted octanol–water partition coefficient (Wildman–Crippen LogP) is 6.62. The quantitative estimate of drug-likeness (QED) is 0.299. The van der Waals surface area contributed by atoms with Gasteiger partial charge in [-0.2, -0.15) is 26.3 Å². The van der Waals surface area contributed by atoms with Crippen LogP contribution in [0.1, 0.15) is 21.7 Å². The van der Waals surface area contributed by atoms with E-state index < -0.39 is 29.7 Å². The number of ether oxygens (including phenoxy) is 1. The van der Waals surface area contributed by atoms with E-state index in [1.165, 1.54) is 43.5 Å². The number of aromatic carboxylic acids is 1. The fourth-order valence-electron chi connectivity index (χ4n) is 3.47. The molecule has 0 bridgehead atoms. The summed E-state index contributed by atoms with van der Waals surface area (Å²) in [6.07, 6.45) is -8.80. The van der Waals surface area contributed by atoms with E-state index in [1.54, 1.807) is 6.07 Å². The average Bonchev–Trinajstić information content (AvgIpc) is 2.87. The Kier molecular flexibility index (Phi) is 6.59. The molecule has 0 saturated heterocycles. The molecule has 0 amide bonds. The molecule has 4 rings (SSSR count). The highest BCUT2D eigenvalue weighted by molar-refractivity contribution is 5.90. The number of methoxy groups -OCH3 is 1. The lowest BCUT2D eigenvalue weighted by Crippen LogP contribution is -2.11. The molecule has 37 heavy (non-hydrogen) atoms. The molecule has 190 valence electrons. The van der Waals surface area contributed by atoms with Crippen molar-refractivity contribution < 1.29 is 41.0 Å². The molecule has 0 atom stereocenters. The summed E-state index contributed by atoms with van der Waals surface area (Å²) in [7, 11) is 1.38. The fraction of sp³-hybridized carbons (Fsp3) is 0.120. The molecule has 2 heterocycles. The third kappa shape index (κ3) is 5.52. The molecular weight excluding hydrogens is 504 g/mol. The Hall–Kier alpha value is -4.48. The normalized spacial score (nSPS) is 11.9. The Morgan fingerprint density at radius 2 is 1.51 bits per heavy atom. The summed E-state index contributed by atoms with van der Waals surface area (Å²) in [6.45, 7) is 0. The van der Waals surface area contributed by atoms with Gasteiger partial charge in [-0.05, 0) is 48.0 Å². The van der Waals surface area contributed by atoms with Gasteiger partial charge < -0.3 is 9.84 Å². The zero-order chi connectivity index (χ0) is 27.0. The summed E-state index contributed by atoms with van der Waals surface area (Å²) in [6, 6.07) is 12.4. The summed E-state index contributed by atoms with van der Waals surface area (Å²) in [4.78, 5) is 22.5. The molecule has 0 unspecified atom stereocenters. The highest BCUT2D eigenvalue weighted by Crippen LogP contribution is 2.36. The van der Waals surface area contributed by atoms with Crippen molar-refractivity contribution in [2.45, 2.75) is 12.4 Å². The minimum atomic E-state index is -4.87. The second-order valence-corrected chi connectivity index (χ2v) is 7.69. The van der Waals surface area contributed by atoms with Crippen LogP contribution in [0.25, 0.3) is 33.8 Å². The Morgan fingerprint density at radius 3 is 2.11 bits per heavy atom. The predicted molar refractivity (Wildman–Crippen MR) is 120 cm³/mol. The number of aromatic nitrogens is 3. The number of hydrogen-bond donors (Lipinski definition) is 1. The molecule has 0 aliphatic carbocycles. The molecule has 0 radical (unpaired) electrons. The van der Waals surface area contributed by atoms with Gasteiger partial charge in [0.2, 0.25) is 0 Å². The molecule has 6 nitrogen and oxygen atoms in total. The van der Waals surface area contributed by atoms with Crippen LogP contribution >= 0.6 is 0 Å². The minimum Gasteiger partial charge on any atom is -0.496 e. The third-order valence-electron chi connectivity index (χ3n) is 5.24. The van der Waals surface area contributed by atoms with Crippen molar-refractivity contribution in [2.75, 3.05) is 7.11 Å². The maximum Gasteiger partial charge on any atom is 0.433 e. The molecule has 0 aliphatic heterocycles. The zero-order valence-electron chi connectivity index (χ0n) is 18.7. The number of halogens is 6. The second kappa shape index (κ2) is 9.52. The second-order valence-electron chi connectivity index (χ2n) is 7.69. The van der Waals surface area contributed by atoms with Crippen molar-refractivity contribution in [3.8, 4) is 39.5 Å². The number of carboxylic acids is 1. The Labute approximate surface area is 205 Å². The SMILES string of the molecule is COc1ccc(C(=O)O)cc1-c1cccc(-c2nc(-c3ccc(C(F)(F)F)nc3)cc(C(F)(F)F)n2)c1. The summed E-state index contributed by atoms with van der Waals surface area (Å²) in [5.41, 5.74) is -1.97. The topological polar surface area (TPSA) is 85.2 Å². The molecule has 4 aromatic rings. The Bertz CT molecular complexity index is 1470. The van der Waals surface area contributed by atoms with Crippen LogP contribution in [0.4, 0.5) is 26.3 Å². The highest BCUT2D eigenvalue weighted by Gasteiger charge is 2.35. The summed E-state index contributed by atoms with van der Waals surface area (Å²) < 4.78 is 84.8. The average molecular weight is 519 g/mol. The van der Waals surface area contributed by atoms with E-state index in [9.17, 15) is 36.2 Å². The molecule has 0 fully saturated rings. The number of benzene rings is 2. The van der Waals surface area contributed by atoms with Crippen LogP contribution in [0.5, 0.6) is 5.75 Å². The lowest BCUT2D eigenvalue weighted by Gasteiger charge is -2.13. The van der Waals surface area contributed by atoms with E-state index in [2.05, 4.69) is 15.0 Å². The fourth-order valence-corrected chi connectivity index (χ4v) is 3.47. The van der Waals surface area contributed by atoms with Crippen molar-refractivity contribution in [2.24, 2.45) is 0 Å². The largest absolute Gasteiger partial charge is 0.496 e. The summed E-state index contributed by atoms with van der Waals surface area (Å²) in [5.74, 6) is -1.21. The van der Waals surface area contributed by atoms with Crippen LogP contribution < -0.4 is 4.74 Å². The van der Waals surface area contributed by atoms with E-state index in [4.69, 9.17) is 4.74 Å². The monoisotopic (exact) mass is 519 g/mol. The van der Waals surface area contributed by atoms with Gasteiger partial charge in [-0.25, -0.2) is 14.8 Å². The van der Waals surface area contributed by atoms with E-state index in [0.29, 0.717) is 29.0 Å². The molecule has 0 aliphatic rings. The van der Waals surface area contributed by atoms with Gasteiger partial charge >= 0.3 is 18.3 Å². The van der Waals surface area contributed by atoms with E-state index in [1.807, 2.05) is 0 Å². The van der Waals surface area contributed by atoms with Crippen molar-refractivity contribution in [3.63, 3.8) is 0 Å². The first-order valence-electron chi connectivity index (χ1n) is 10.4. The van der Waals surface area contributed by atoms with E-state index >= 15 is 0 Å². The third-order valence-corrected chi connectivity index (χ3v) is 5.24. The van der Waals surface area contributed by atoms with Gasteiger partial charge in [0.1, 0.15) is 17.1 Å². The van der Waals surface area contributed by atoms with Gasteiger partial charge in [0.25, 0.3) is 0 Å². The first kappa shape index (κ1) is 25.6. The first-order chi connectivity index (χ1) is 17.4. The van der Waals surface area contributed by atoms with Crippen LogP contribution in [0.3, 0.4) is 0 Å². The van der Waals surface area contributed by atoms with Gasteiger partial charge in [0.15, 0.2) is 5.82 Å². The van der Waals surface area contributed by atoms with Gasteiger partial charge in [-0.1, -0.05) is 18.2 Å². The number of carbonyl (C=O) groups is 1. The number of carboxylic acid groups (broad SMARTS) is 1. The smallest absolute Gasteiger partial charge is 0.433 e. The van der Waals surface area contributed by atoms with Gasteiger partial charge in [-0.3, -0.25) is 4.98 Å². The van der Waals surface area contributed by atoms with Crippen LogP contribution in [-0.2, 0) is 12.4 Å². The molecule has 2 aromatic heterocycles. The highest BCUT2D eigenvalue weighted by atomic mass is 19.4. The van der Waals surface area contributed by atoms with Crippen LogP contribution in [0.2, 0.25) is 0 Å². The molecule has 0 spiro atoms. The minimum absolute atomic E-state index is 0.0337. The van der Waals surface area contributed by atoms with Crippen molar-refractivity contribution in [3.05, 3.63) is 83.8 Å². The summed E-state index contributed by atoms with van der Waals surface area (Å²) >= 11 is 0. The van der Waals surface area contributed by atoms with Gasteiger partial charge in [0, 0.05) is 22.9 Å². The van der Waals surface area contributed by atoms with Crippen LogP contribution in [-0.4, -0.2) is 33.1 Å². The molecule has 1 N–H and O–H groups in total. The first-order valence-corrected chi connectivity index (χ1v) is 10.4. The molecule has 0 saturated carbocycles. The Morgan fingerprint density at radius 1 is 0.811 bits per heavy atom. The maximum absolute atomic E-state index is 13.6. The van der Waals surface area contributed by atoms with E-state index in [-0.39, 0.29) is 28.2 Å². The molecular formula is C25H15F6N3O3. The van der Waals surface area contributed by atoms with Gasteiger partial charge in [0.05, 0.1) is 18.4 Å². The molecule has 2 aromatic carbocycles. The maximum atomic E-state index is 13.6. The standard InChI is InChI=1S/C25H15F6N3O3/c1-37-19-7-5-15(23(35)36)10-17(19)13-3-2-4-14(9-13)22-33-18(11-21(34-22)25(29,30)31)16-6-8-20(32-12-16)24(26,27)28/h2-12H,1H3,(H,35,36). The lowest BCUT2D eigenvalue weighted by atomic mass is 9.99. The van der Waals surface area contributed by atoms with Crippen molar-refractivity contribution in [1.82, 2.24) is 15.0 Å². The van der Waals surface area contributed by atoms with Crippen molar-refractivity contribution in [1.29, 1.82) is 0 Å². The van der Waals surface area contributed by atoms with Crippen LogP contribution in [0.15, 0.2) is 66.9 Å². The number of hydrogen-bond acceptors (Lipinski definition) is 5.